The topological polar surface area (TPSA) is 3.01 Å². The molecule has 0 atom stereocenters. The van der Waals surface area contributed by atoms with Crippen molar-refractivity contribution in [2.75, 3.05) is 13.1 Å². The van der Waals surface area contributed by atoms with Gasteiger partial charge in [0.1, 0.15) is 13.1 Å². The average molecular weight is 285 g/mol. The van der Waals surface area contributed by atoms with Crippen molar-refractivity contribution < 1.29 is 4.58 Å². The van der Waals surface area contributed by atoms with Crippen LogP contribution in [-0.2, 0) is 0 Å². The number of piperidine rings is 1. The standard InChI is InChI=1S/C13H15ClNS2/c14-11-7-3-2-6-10(11)12-16-13(17-12)15-8-4-1-5-9-15/h2-3,6-7,12H,1,4-5,8-9H2/q+1. The highest BCUT2D eigenvalue weighted by molar-refractivity contribution is 8.52. The smallest absolute Gasteiger partial charge is 0.219 e. The molecule has 90 valence electrons. The normalized spacial score (nSPS) is 24.6. The van der Waals surface area contributed by atoms with Crippen LogP contribution < -0.4 is 0 Å². The van der Waals surface area contributed by atoms with E-state index in [0.717, 1.165) is 5.02 Å². The van der Waals surface area contributed by atoms with Crippen LogP contribution in [-0.4, -0.2) is 22.0 Å². The molecule has 0 amide bonds. The lowest BCUT2D eigenvalue weighted by Gasteiger charge is -2.26. The van der Waals surface area contributed by atoms with Crippen LogP contribution in [0.25, 0.3) is 0 Å². The first-order valence-corrected chi connectivity index (χ1v) is 8.18. The number of benzene rings is 1. The Morgan fingerprint density at radius 3 is 2.47 bits per heavy atom. The molecule has 0 N–H and O–H groups in total. The summed E-state index contributed by atoms with van der Waals surface area (Å²) in [6, 6.07) is 8.19. The zero-order chi connectivity index (χ0) is 11.7. The van der Waals surface area contributed by atoms with Gasteiger partial charge in [0.05, 0.1) is 4.58 Å². The number of halogens is 1. The van der Waals surface area contributed by atoms with E-state index in [4.69, 9.17) is 11.6 Å². The van der Waals surface area contributed by atoms with Gasteiger partial charge in [0.25, 0.3) is 4.38 Å². The Hall–Kier alpha value is -0.120. The minimum atomic E-state index is 0.501. The van der Waals surface area contributed by atoms with E-state index in [1.807, 2.05) is 35.7 Å². The second-order valence-electron chi connectivity index (χ2n) is 4.40. The van der Waals surface area contributed by atoms with Gasteiger partial charge in [0, 0.05) is 17.9 Å². The zero-order valence-corrected chi connectivity index (χ0v) is 12.0. The summed E-state index contributed by atoms with van der Waals surface area (Å²) in [5.41, 5.74) is 1.27. The monoisotopic (exact) mass is 284 g/mol. The maximum atomic E-state index is 6.22. The first kappa shape index (κ1) is 11.9. The number of nitrogens with zero attached hydrogens (tertiary/aromatic N) is 1. The first-order valence-electron chi connectivity index (χ1n) is 6.04. The molecule has 1 nitrogen and oxygen atoms in total. The van der Waals surface area contributed by atoms with Gasteiger partial charge in [-0.15, -0.1) is 0 Å². The van der Waals surface area contributed by atoms with Gasteiger partial charge in [-0.1, -0.05) is 29.8 Å². The van der Waals surface area contributed by atoms with Crippen LogP contribution in [0.1, 0.15) is 29.4 Å². The van der Waals surface area contributed by atoms with Crippen LogP contribution in [0, 0.1) is 0 Å². The fourth-order valence-corrected chi connectivity index (χ4v) is 5.13. The van der Waals surface area contributed by atoms with E-state index >= 15 is 0 Å². The highest BCUT2D eigenvalue weighted by Gasteiger charge is 2.37. The van der Waals surface area contributed by atoms with E-state index < -0.39 is 0 Å². The quantitative estimate of drug-likeness (QED) is 0.704. The lowest BCUT2D eigenvalue weighted by molar-refractivity contribution is -0.532. The van der Waals surface area contributed by atoms with Crippen molar-refractivity contribution in [3.8, 4) is 0 Å². The Bertz CT molecular complexity index is 442. The molecule has 0 radical (unpaired) electrons. The molecule has 17 heavy (non-hydrogen) atoms. The van der Waals surface area contributed by atoms with Gasteiger partial charge < -0.3 is 0 Å². The lowest BCUT2D eigenvalue weighted by atomic mass is 10.2. The number of rotatable bonds is 1. The second-order valence-corrected chi connectivity index (χ2v) is 7.55. The Labute approximate surface area is 116 Å². The largest absolute Gasteiger partial charge is 0.272 e. The molecule has 2 aliphatic heterocycles. The fourth-order valence-electron chi connectivity index (χ4n) is 2.21. The van der Waals surface area contributed by atoms with Crippen LogP contribution in [0.5, 0.6) is 0 Å². The van der Waals surface area contributed by atoms with Crippen molar-refractivity contribution in [3.05, 3.63) is 34.9 Å². The Balaban J connectivity index is 1.70. The maximum Gasteiger partial charge on any atom is 0.272 e. The molecule has 0 bridgehead atoms. The predicted molar refractivity (Wildman–Crippen MR) is 78.2 cm³/mol. The summed E-state index contributed by atoms with van der Waals surface area (Å²) in [7, 11) is 0. The molecule has 0 spiro atoms. The molecule has 4 heteroatoms. The van der Waals surface area contributed by atoms with E-state index in [1.165, 1.54) is 42.3 Å². The maximum absolute atomic E-state index is 6.22. The highest BCUT2D eigenvalue weighted by Crippen LogP contribution is 2.55. The molecule has 1 aromatic carbocycles. The molecular weight excluding hydrogens is 270 g/mol. The SMILES string of the molecule is Clc1ccccc1C1SC(=[N+]2CCCCC2)S1. The number of hydrogen-bond acceptors (Lipinski definition) is 2. The van der Waals surface area contributed by atoms with Gasteiger partial charge in [-0.2, -0.15) is 0 Å². The van der Waals surface area contributed by atoms with Gasteiger partial charge in [0.2, 0.25) is 0 Å². The van der Waals surface area contributed by atoms with Crippen LogP contribution in [0.3, 0.4) is 0 Å². The average Bonchev–Trinajstić information content (AvgIpc) is 2.31. The van der Waals surface area contributed by atoms with Crippen molar-refractivity contribution in [3.63, 3.8) is 0 Å². The summed E-state index contributed by atoms with van der Waals surface area (Å²) in [5.74, 6) is 0. The number of hydrogen-bond donors (Lipinski definition) is 0. The summed E-state index contributed by atoms with van der Waals surface area (Å²) in [4.78, 5) is 0. The molecule has 2 heterocycles. The summed E-state index contributed by atoms with van der Waals surface area (Å²) in [5, 5.41) is 0.898. The van der Waals surface area contributed by atoms with Crippen molar-refractivity contribution in [1.29, 1.82) is 0 Å². The molecule has 0 aliphatic carbocycles. The van der Waals surface area contributed by atoms with Gasteiger partial charge >= 0.3 is 0 Å². The van der Waals surface area contributed by atoms with Crippen molar-refractivity contribution >= 4 is 39.5 Å². The second kappa shape index (κ2) is 5.25. The Morgan fingerprint density at radius 1 is 1.06 bits per heavy atom. The van der Waals surface area contributed by atoms with Gasteiger partial charge in [-0.05, 0) is 41.6 Å². The third-order valence-corrected chi connectivity index (χ3v) is 6.54. The Kier molecular flexibility index (Phi) is 3.69. The predicted octanol–water partition coefficient (Wildman–Crippen LogP) is 4.37. The Morgan fingerprint density at radius 2 is 1.76 bits per heavy atom. The van der Waals surface area contributed by atoms with Crippen LogP contribution in [0.2, 0.25) is 5.02 Å². The molecule has 3 rings (SSSR count). The van der Waals surface area contributed by atoms with Crippen LogP contribution in [0.15, 0.2) is 24.3 Å². The third-order valence-electron chi connectivity index (χ3n) is 3.19. The van der Waals surface area contributed by atoms with Gasteiger partial charge in [-0.3, -0.25) is 0 Å². The minimum Gasteiger partial charge on any atom is -0.219 e. The van der Waals surface area contributed by atoms with Crippen LogP contribution in [0.4, 0.5) is 0 Å². The fraction of sp³-hybridized carbons (Fsp3) is 0.462. The first-order chi connectivity index (χ1) is 8.34. The molecule has 1 aromatic rings. The molecule has 0 saturated carbocycles. The van der Waals surface area contributed by atoms with E-state index in [-0.39, 0.29) is 0 Å². The van der Waals surface area contributed by atoms with Crippen molar-refractivity contribution in [2.24, 2.45) is 0 Å². The van der Waals surface area contributed by atoms with Gasteiger partial charge in [-0.25, -0.2) is 4.58 Å². The molecule has 2 saturated heterocycles. The van der Waals surface area contributed by atoms with E-state index in [9.17, 15) is 0 Å². The molecule has 0 unspecified atom stereocenters. The van der Waals surface area contributed by atoms with Crippen molar-refractivity contribution in [2.45, 2.75) is 23.8 Å². The zero-order valence-electron chi connectivity index (χ0n) is 9.56. The highest BCUT2D eigenvalue weighted by atomic mass is 35.5. The third kappa shape index (κ3) is 2.51. The van der Waals surface area contributed by atoms with E-state index in [0.29, 0.717) is 4.58 Å². The molecule has 0 aromatic heterocycles. The van der Waals surface area contributed by atoms with E-state index in [1.54, 1.807) is 0 Å². The molecule has 2 aliphatic rings. The van der Waals surface area contributed by atoms with Crippen LogP contribution >= 0.6 is 35.1 Å². The minimum absolute atomic E-state index is 0.501. The summed E-state index contributed by atoms with van der Waals surface area (Å²) < 4.78 is 4.53. The summed E-state index contributed by atoms with van der Waals surface area (Å²) in [6.07, 6.45) is 4.09. The number of thioether (sulfide) groups is 2. The molecular formula is C13H15ClNS2+. The lowest BCUT2D eigenvalue weighted by Crippen LogP contribution is -2.28. The van der Waals surface area contributed by atoms with Crippen molar-refractivity contribution in [1.82, 2.24) is 0 Å². The molecule has 2 fully saturated rings. The van der Waals surface area contributed by atoms with Gasteiger partial charge in [0.15, 0.2) is 0 Å². The summed E-state index contributed by atoms with van der Waals surface area (Å²) in [6.45, 7) is 2.48. The van der Waals surface area contributed by atoms with E-state index in [2.05, 4.69) is 16.7 Å². The summed E-state index contributed by atoms with van der Waals surface area (Å²) >= 11 is 10.2.